The van der Waals surface area contributed by atoms with Gasteiger partial charge in [-0.1, -0.05) is 111 Å². The lowest BCUT2D eigenvalue weighted by Gasteiger charge is -2.31. The standard InChI is InChI=1S/C94H161N13O36/c1-11-92(62-135-79(114)95-10,63-136-84(119)100-50-34-22-24-36-52-106-90(125)142-69-93(12-2,65-138-86(121)102-46-30-18-14-26-42-96-80(115)131-58-38-54-127-75(110)71(4)5)67-140-88(123)104-48-32-20-16-28-44-98-82(117)133-60-40-56-129-77(112)73(8)108)64-137-85(120)101-51-35-23-25-37-53-107-91(126)143-70-94(13-3,66-139-87(122)103-47-31-19-15-27-43-97-81(116)132-59-39-55-128-76(111)72(6)7)68-141-89(124)105-49-33-21-17-29-45-99-83(118)134-61-41-57-130-78(113)74(9)109/h4,6,11-70H2,1-3,5,7-10H3,(H,95,114)(H,96,115)(H,97,116)(H,98,117)(H,99,118)(H,100,119)(H,101,120)(H,102,121)(H,103,122)(H,104,123)(H,105,124)(H,106,125)(H,107,126). The Morgan fingerprint density at radius 2 is 0.315 bits per heavy atom. The summed E-state index contributed by atoms with van der Waals surface area (Å²) in [6.45, 7) is 18.3. The van der Waals surface area contributed by atoms with Gasteiger partial charge in [-0.2, -0.15) is 0 Å². The number of hydrogen-bond donors (Lipinski definition) is 13. The van der Waals surface area contributed by atoms with E-state index >= 15 is 0 Å². The molecule has 0 heterocycles. The smallest absolute Gasteiger partial charge is 0.407 e. The van der Waals surface area contributed by atoms with Crippen LogP contribution >= 0.6 is 0 Å². The molecule has 143 heavy (non-hydrogen) atoms. The molecule has 0 bridgehead atoms. The lowest BCUT2D eigenvalue weighted by atomic mass is 9.88. The van der Waals surface area contributed by atoms with E-state index in [4.69, 9.17) is 80.5 Å². The van der Waals surface area contributed by atoms with E-state index in [9.17, 15) is 91.1 Å². The molecule has 0 radical (unpaired) electrons. The van der Waals surface area contributed by atoms with Crippen molar-refractivity contribution in [3.05, 3.63) is 24.3 Å². The van der Waals surface area contributed by atoms with Crippen molar-refractivity contribution >= 4 is 115 Å². The van der Waals surface area contributed by atoms with Gasteiger partial charge in [0.05, 0.1) is 69.1 Å². The lowest BCUT2D eigenvalue weighted by molar-refractivity contribution is -0.153. The SMILES string of the molecule is C=C(C)C(=O)OCCCOC(=O)NCCCCCCNC(=O)OCC(CC)(COC(=O)NCCCCCCNC(=O)OCCCOC(=O)C(C)=O)COC(=O)NCCCCCCNC(=O)OCC(CC)(COC(=O)NC)COC(=O)NCCCCCCNC(=O)OCC(CC)(COC(=O)NCCCCCCNC(=O)OCCCOC(=O)C(=C)C)COC(=O)NCCCCCCNC(=O)OCCCOC(=O)C(C)=O. The molecule has 0 spiro atoms. The number of hydrogen-bond acceptors (Lipinski definition) is 36. The zero-order chi connectivity index (χ0) is 106. The fourth-order valence-corrected chi connectivity index (χ4v) is 11.9. The van der Waals surface area contributed by atoms with Crippen molar-refractivity contribution in [3.63, 3.8) is 0 Å². The molecule has 0 aliphatic rings. The number of nitrogens with one attached hydrogen (secondary N) is 13. The van der Waals surface area contributed by atoms with Gasteiger partial charge in [0.15, 0.2) is 0 Å². The molecule has 0 fully saturated rings. The quantitative estimate of drug-likeness (QED) is 0.00884. The fourth-order valence-electron chi connectivity index (χ4n) is 11.9. The van der Waals surface area contributed by atoms with Crippen LogP contribution in [0.25, 0.3) is 0 Å². The number of Topliss-reactive ketones (excluding diaryl/α,β-unsaturated/α-hetero) is 2. The van der Waals surface area contributed by atoms with E-state index < -0.39 is 131 Å². The van der Waals surface area contributed by atoms with Crippen molar-refractivity contribution < 1.29 is 172 Å². The highest BCUT2D eigenvalue weighted by Crippen LogP contribution is 2.28. The second-order valence-corrected chi connectivity index (χ2v) is 33.8. The number of carbonyl (C=O) groups is 19. The number of esters is 4. The second kappa shape index (κ2) is 84.9. The lowest BCUT2D eigenvalue weighted by Crippen LogP contribution is -2.42. The Hall–Kier alpha value is -12.8. The summed E-state index contributed by atoms with van der Waals surface area (Å²) in [4.78, 5) is 232. The summed E-state index contributed by atoms with van der Waals surface area (Å²) in [5.41, 5.74) is -2.94. The van der Waals surface area contributed by atoms with Crippen molar-refractivity contribution in [1.82, 2.24) is 69.1 Å². The first-order valence-corrected chi connectivity index (χ1v) is 49.3. The molecule has 818 valence electrons. The molecule has 2 unspecified atom stereocenters. The first-order chi connectivity index (χ1) is 68.6. The van der Waals surface area contributed by atoms with E-state index in [1.807, 2.05) is 0 Å². The Balaban J connectivity index is 5.33. The first-order valence-electron chi connectivity index (χ1n) is 49.3. The maximum atomic E-state index is 13.1. The zero-order valence-electron chi connectivity index (χ0n) is 85.0. The van der Waals surface area contributed by atoms with E-state index in [-0.39, 0.29) is 208 Å². The van der Waals surface area contributed by atoms with E-state index in [2.05, 4.69) is 82.3 Å². The molecule has 0 saturated carbocycles. The number of carbonyl (C=O) groups excluding carboxylic acids is 19. The van der Waals surface area contributed by atoms with E-state index in [1.165, 1.54) is 20.9 Å². The second-order valence-electron chi connectivity index (χ2n) is 33.8. The maximum Gasteiger partial charge on any atom is 0.407 e. The number of ether oxygens (including phenoxy) is 17. The minimum Gasteiger partial charge on any atom is -0.462 e. The molecule has 2 atom stereocenters. The van der Waals surface area contributed by atoms with Crippen LogP contribution in [0.4, 0.5) is 62.3 Å². The van der Waals surface area contributed by atoms with Gasteiger partial charge in [-0.15, -0.1) is 0 Å². The summed E-state index contributed by atoms with van der Waals surface area (Å²) >= 11 is 0. The summed E-state index contributed by atoms with van der Waals surface area (Å²) in [5, 5.41) is 34.5. The predicted octanol–water partition coefficient (Wildman–Crippen LogP) is 10.7. The third kappa shape index (κ3) is 75.7. The Kier molecular flexibility index (Phi) is 77.3. The summed E-state index contributed by atoms with van der Waals surface area (Å²) in [6.07, 6.45) is 7.74. The van der Waals surface area contributed by atoms with Crippen LogP contribution in [0.15, 0.2) is 24.3 Å². The molecule has 0 aliphatic heterocycles. The van der Waals surface area contributed by atoms with Crippen molar-refractivity contribution in [1.29, 1.82) is 0 Å². The van der Waals surface area contributed by atoms with Crippen LogP contribution in [0.1, 0.15) is 248 Å². The van der Waals surface area contributed by atoms with Crippen molar-refractivity contribution in [2.45, 2.75) is 248 Å². The number of amides is 13. The van der Waals surface area contributed by atoms with Crippen LogP contribution in [-0.4, -0.2) is 313 Å². The Bertz CT molecular complexity index is 3390. The normalized spacial score (nSPS) is 11.8. The summed E-state index contributed by atoms with van der Waals surface area (Å²) < 4.78 is 89.7. The topological polar surface area (TPSA) is 638 Å². The highest BCUT2D eigenvalue weighted by Gasteiger charge is 2.38. The van der Waals surface area contributed by atoms with Gasteiger partial charge < -0.3 is 150 Å². The first kappa shape index (κ1) is 130. The molecule has 49 heteroatoms. The van der Waals surface area contributed by atoms with Crippen LogP contribution in [0.2, 0.25) is 0 Å². The van der Waals surface area contributed by atoms with E-state index in [1.54, 1.807) is 20.8 Å². The van der Waals surface area contributed by atoms with Crippen molar-refractivity contribution in [2.75, 3.05) is 198 Å². The zero-order valence-corrected chi connectivity index (χ0v) is 85.0. The van der Waals surface area contributed by atoms with Crippen LogP contribution in [-0.2, 0) is 109 Å². The fraction of sp³-hybridized carbons (Fsp3) is 0.755. The molecule has 0 aromatic carbocycles. The third-order valence-electron chi connectivity index (χ3n) is 21.2. The monoisotopic (exact) mass is 2050 g/mol. The molecular weight excluding hydrogens is 1890 g/mol. The van der Waals surface area contributed by atoms with Gasteiger partial charge >= 0.3 is 103 Å². The highest BCUT2D eigenvalue weighted by atomic mass is 16.6. The predicted molar refractivity (Wildman–Crippen MR) is 515 cm³/mol. The van der Waals surface area contributed by atoms with Gasteiger partial charge in [0.25, 0.3) is 0 Å². The average Bonchev–Trinajstić information content (AvgIpc) is 0.869. The molecule has 0 aromatic heterocycles. The van der Waals surface area contributed by atoms with Gasteiger partial charge in [0.1, 0.15) is 59.5 Å². The summed E-state index contributed by atoms with van der Waals surface area (Å²) in [5.74, 6) is -4.42. The largest absolute Gasteiger partial charge is 0.462 e. The van der Waals surface area contributed by atoms with Crippen molar-refractivity contribution in [3.8, 4) is 0 Å². The van der Waals surface area contributed by atoms with Gasteiger partial charge in [0, 0.05) is 136 Å². The summed E-state index contributed by atoms with van der Waals surface area (Å²) in [7, 11) is 1.37. The molecule has 49 nitrogen and oxygen atoms in total. The minimum atomic E-state index is -1.17. The number of unbranched alkanes of at least 4 members (excludes halogenated alkanes) is 18. The van der Waals surface area contributed by atoms with Crippen LogP contribution < -0.4 is 69.1 Å². The Morgan fingerprint density at radius 3 is 0.448 bits per heavy atom. The van der Waals surface area contributed by atoms with E-state index in [0.717, 1.165) is 26.7 Å². The number of rotatable bonds is 83. The molecule has 0 aliphatic carbocycles. The van der Waals surface area contributed by atoms with Crippen molar-refractivity contribution in [2.24, 2.45) is 16.2 Å². The van der Waals surface area contributed by atoms with Crippen LogP contribution in [0.5, 0.6) is 0 Å². The van der Waals surface area contributed by atoms with Gasteiger partial charge in [0.2, 0.25) is 11.6 Å². The molecule has 0 aromatic rings. The van der Waals surface area contributed by atoms with Gasteiger partial charge in [-0.05, 0) is 110 Å². The summed E-state index contributed by atoms with van der Waals surface area (Å²) in [6, 6.07) is 0. The van der Waals surface area contributed by atoms with E-state index in [0.29, 0.717) is 180 Å². The number of ketones is 2. The molecule has 0 rings (SSSR count). The molecule has 0 saturated heterocycles. The Morgan fingerprint density at radius 1 is 0.182 bits per heavy atom. The van der Waals surface area contributed by atoms with Crippen LogP contribution in [0.3, 0.4) is 0 Å². The van der Waals surface area contributed by atoms with Crippen LogP contribution in [0, 0.1) is 16.2 Å². The molecule has 13 N–H and O–H groups in total. The molecule has 13 amide bonds. The maximum absolute atomic E-state index is 13.1. The third-order valence-corrected chi connectivity index (χ3v) is 21.2. The van der Waals surface area contributed by atoms with Gasteiger partial charge in [-0.25, -0.2) is 81.5 Å². The minimum absolute atomic E-state index is 0.0121. The van der Waals surface area contributed by atoms with Gasteiger partial charge in [-0.3, -0.25) is 9.59 Å². The average molecular weight is 2050 g/mol. The highest BCUT2D eigenvalue weighted by molar-refractivity contribution is 6.32. The number of alkyl carbamates (subject to hydrolysis) is 13. The molecular formula is C94H161N13O36. The Labute approximate surface area is 837 Å².